The number of halogens is 2. The van der Waals surface area contributed by atoms with Gasteiger partial charge in [0.15, 0.2) is 0 Å². The van der Waals surface area contributed by atoms with E-state index in [0.717, 1.165) is 11.3 Å². The largest absolute Gasteiger partial charge is 0.525 e. The molecule has 0 amide bonds. The normalized spacial score (nSPS) is 22.4. The molecule has 17 heavy (non-hydrogen) atoms. The third-order valence-electron chi connectivity index (χ3n) is 3.21. The Bertz CT molecular complexity index is 406. The van der Waals surface area contributed by atoms with Gasteiger partial charge in [-0.15, -0.1) is 11.3 Å². The molecular formula is C10H14BF2NO2S. The van der Waals surface area contributed by atoms with Crippen molar-refractivity contribution in [3.05, 3.63) is 11.1 Å². The Kier molecular flexibility index (Phi) is 3.04. The third kappa shape index (κ3) is 2.23. The van der Waals surface area contributed by atoms with E-state index in [9.17, 15) is 8.78 Å². The minimum Gasteiger partial charge on any atom is -0.398 e. The van der Waals surface area contributed by atoms with Gasteiger partial charge in [-0.05, 0) is 27.7 Å². The molecule has 1 aliphatic rings. The molecule has 1 saturated heterocycles. The Hall–Kier alpha value is -0.525. The summed E-state index contributed by atoms with van der Waals surface area (Å²) in [7, 11) is -0.655. The number of nitrogens with zero attached hydrogens (tertiary/aromatic N) is 1. The van der Waals surface area contributed by atoms with E-state index in [0.29, 0.717) is 4.91 Å². The summed E-state index contributed by atoms with van der Waals surface area (Å²) in [6.45, 7) is 7.65. The van der Waals surface area contributed by atoms with Crippen LogP contribution in [0.5, 0.6) is 0 Å². The molecule has 0 spiro atoms. The van der Waals surface area contributed by atoms with Gasteiger partial charge in [0.25, 0.3) is 6.43 Å². The minimum atomic E-state index is -2.50. The van der Waals surface area contributed by atoms with Gasteiger partial charge in [-0.3, -0.25) is 4.98 Å². The molecule has 0 saturated carbocycles. The SMILES string of the molecule is CC1(C)OB(c2ncc(C(F)F)s2)OC1(C)C. The van der Waals surface area contributed by atoms with E-state index in [1.165, 1.54) is 6.20 Å². The second-order valence-corrected chi connectivity index (χ2v) is 6.08. The fraction of sp³-hybridized carbons (Fsp3) is 0.700. The van der Waals surface area contributed by atoms with Gasteiger partial charge in [0, 0.05) is 6.20 Å². The summed E-state index contributed by atoms with van der Waals surface area (Å²) in [6.07, 6.45) is -1.32. The van der Waals surface area contributed by atoms with Crippen LogP contribution in [0.15, 0.2) is 6.20 Å². The minimum absolute atomic E-state index is 0.0605. The fourth-order valence-electron chi connectivity index (χ4n) is 1.45. The van der Waals surface area contributed by atoms with Crippen LogP contribution >= 0.6 is 11.3 Å². The van der Waals surface area contributed by atoms with Crippen LogP contribution in [0.1, 0.15) is 39.0 Å². The average molecular weight is 261 g/mol. The second kappa shape index (κ2) is 4.00. The monoisotopic (exact) mass is 261 g/mol. The maximum Gasteiger partial charge on any atom is 0.525 e. The van der Waals surface area contributed by atoms with Crippen molar-refractivity contribution in [2.75, 3.05) is 0 Å². The van der Waals surface area contributed by atoms with E-state index in [2.05, 4.69) is 4.98 Å². The number of thiazole rings is 1. The molecule has 0 aliphatic carbocycles. The van der Waals surface area contributed by atoms with Crippen molar-refractivity contribution in [1.29, 1.82) is 0 Å². The zero-order valence-electron chi connectivity index (χ0n) is 10.2. The molecule has 2 heterocycles. The third-order valence-corrected chi connectivity index (χ3v) is 4.24. The van der Waals surface area contributed by atoms with Gasteiger partial charge in [-0.25, -0.2) is 8.78 Å². The van der Waals surface area contributed by atoms with Crippen molar-refractivity contribution < 1.29 is 18.1 Å². The van der Waals surface area contributed by atoms with Gasteiger partial charge < -0.3 is 9.31 Å². The molecule has 94 valence electrons. The van der Waals surface area contributed by atoms with Crippen LogP contribution in [-0.4, -0.2) is 23.3 Å². The Morgan fingerprint density at radius 3 is 2.18 bits per heavy atom. The summed E-state index contributed by atoms with van der Waals surface area (Å²) in [4.78, 5) is 4.32. The summed E-state index contributed by atoms with van der Waals surface area (Å²) in [5.74, 6) is 0. The second-order valence-electron chi connectivity index (χ2n) is 4.99. The van der Waals surface area contributed by atoms with Crippen molar-refractivity contribution in [2.45, 2.75) is 45.3 Å². The van der Waals surface area contributed by atoms with Gasteiger partial charge in [0.2, 0.25) is 0 Å². The smallest absolute Gasteiger partial charge is 0.398 e. The summed E-state index contributed by atoms with van der Waals surface area (Å²) in [6, 6.07) is 0. The average Bonchev–Trinajstić information content (AvgIpc) is 2.70. The van der Waals surface area contributed by atoms with Gasteiger partial charge in [-0.2, -0.15) is 0 Å². The van der Waals surface area contributed by atoms with E-state index in [4.69, 9.17) is 9.31 Å². The van der Waals surface area contributed by atoms with Crippen molar-refractivity contribution in [1.82, 2.24) is 4.98 Å². The highest BCUT2D eigenvalue weighted by Gasteiger charge is 2.53. The molecule has 0 N–H and O–H groups in total. The van der Waals surface area contributed by atoms with Crippen LogP contribution in [0.3, 0.4) is 0 Å². The Morgan fingerprint density at radius 2 is 1.76 bits per heavy atom. The fourth-order valence-corrected chi connectivity index (χ4v) is 2.19. The van der Waals surface area contributed by atoms with E-state index in [-0.39, 0.29) is 4.88 Å². The zero-order valence-corrected chi connectivity index (χ0v) is 11.0. The molecule has 0 atom stereocenters. The van der Waals surface area contributed by atoms with Gasteiger partial charge >= 0.3 is 7.12 Å². The Morgan fingerprint density at radius 1 is 1.24 bits per heavy atom. The number of hydrogen-bond donors (Lipinski definition) is 0. The molecule has 1 aliphatic heterocycles. The topological polar surface area (TPSA) is 31.4 Å². The molecule has 0 bridgehead atoms. The van der Waals surface area contributed by atoms with E-state index in [1.807, 2.05) is 27.7 Å². The zero-order chi connectivity index (χ0) is 12.8. The van der Waals surface area contributed by atoms with Crippen LogP contribution < -0.4 is 4.91 Å². The number of aromatic nitrogens is 1. The van der Waals surface area contributed by atoms with Crippen molar-refractivity contribution >= 4 is 23.4 Å². The van der Waals surface area contributed by atoms with Crippen LogP contribution in [-0.2, 0) is 9.31 Å². The summed E-state index contributed by atoms with van der Waals surface area (Å²) in [5, 5.41) is 0. The van der Waals surface area contributed by atoms with Crippen LogP contribution in [0.2, 0.25) is 0 Å². The van der Waals surface area contributed by atoms with Crippen molar-refractivity contribution in [2.24, 2.45) is 0 Å². The highest BCUT2D eigenvalue weighted by Crippen LogP contribution is 2.37. The van der Waals surface area contributed by atoms with E-state index >= 15 is 0 Å². The molecule has 2 rings (SSSR count). The highest BCUT2D eigenvalue weighted by molar-refractivity contribution is 7.21. The molecule has 3 nitrogen and oxygen atoms in total. The number of hydrogen-bond acceptors (Lipinski definition) is 4. The summed E-state index contributed by atoms with van der Waals surface area (Å²) in [5.41, 5.74) is -0.956. The van der Waals surface area contributed by atoms with Crippen molar-refractivity contribution in [3.63, 3.8) is 0 Å². The highest BCUT2D eigenvalue weighted by atomic mass is 32.1. The van der Waals surface area contributed by atoms with Crippen LogP contribution in [0, 0.1) is 0 Å². The molecule has 0 aromatic carbocycles. The number of rotatable bonds is 2. The lowest BCUT2D eigenvalue weighted by Crippen LogP contribution is -2.41. The maximum atomic E-state index is 12.5. The lowest BCUT2D eigenvalue weighted by Gasteiger charge is -2.32. The first-order valence-corrected chi connectivity index (χ1v) is 6.14. The number of alkyl halides is 2. The standard InChI is InChI=1S/C10H14BF2NO2S/c1-9(2)10(3,4)16-11(15-9)8-14-5-6(17-8)7(12)13/h5,7H,1-4H3. The molecular weight excluding hydrogens is 247 g/mol. The van der Waals surface area contributed by atoms with E-state index < -0.39 is 24.7 Å². The quantitative estimate of drug-likeness (QED) is 0.766. The molecule has 0 radical (unpaired) electrons. The first-order chi connectivity index (χ1) is 7.73. The molecule has 1 fully saturated rings. The first-order valence-electron chi connectivity index (χ1n) is 5.32. The predicted molar refractivity (Wildman–Crippen MR) is 62.8 cm³/mol. The maximum absolute atomic E-state index is 12.5. The summed E-state index contributed by atoms with van der Waals surface area (Å²) < 4.78 is 36.4. The predicted octanol–water partition coefficient (Wildman–Crippen LogP) is 2.38. The lowest BCUT2D eigenvalue weighted by atomic mass is 9.90. The van der Waals surface area contributed by atoms with Gasteiger partial charge in [0.1, 0.15) is 4.91 Å². The van der Waals surface area contributed by atoms with E-state index in [1.54, 1.807) is 0 Å². The lowest BCUT2D eigenvalue weighted by molar-refractivity contribution is 0.00578. The molecule has 1 aromatic heterocycles. The first kappa shape index (κ1) is 12.9. The van der Waals surface area contributed by atoms with Crippen molar-refractivity contribution in [3.8, 4) is 0 Å². The Labute approximate surface area is 103 Å². The van der Waals surface area contributed by atoms with Crippen LogP contribution in [0.25, 0.3) is 0 Å². The summed E-state index contributed by atoms with van der Waals surface area (Å²) >= 11 is 0.929. The molecule has 7 heteroatoms. The molecule has 1 aromatic rings. The Balaban J connectivity index is 2.20. The van der Waals surface area contributed by atoms with Gasteiger partial charge in [0.05, 0.1) is 16.1 Å². The molecule has 0 unspecified atom stereocenters. The van der Waals surface area contributed by atoms with Crippen LogP contribution in [0.4, 0.5) is 8.78 Å². The van der Waals surface area contributed by atoms with Gasteiger partial charge in [-0.1, -0.05) is 0 Å².